The van der Waals surface area contributed by atoms with Crippen LogP contribution in [-0.4, -0.2) is 29.0 Å². The molecule has 0 unspecified atom stereocenters. The third kappa shape index (κ3) is 5.90. The van der Waals surface area contributed by atoms with Gasteiger partial charge in [0.2, 0.25) is 11.8 Å². The summed E-state index contributed by atoms with van der Waals surface area (Å²) in [4.78, 5) is 32.0. The van der Waals surface area contributed by atoms with Crippen molar-refractivity contribution in [3.63, 3.8) is 0 Å². The summed E-state index contributed by atoms with van der Waals surface area (Å²) in [6, 6.07) is 19.4. The van der Waals surface area contributed by atoms with Crippen LogP contribution in [0.5, 0.6) is 11.6 Å². The van der Waals surface area contributed by atoms with Crippen LogP contribution in [0, 0.1) is 5.82 Å². The van der Waals surface area contributed by atoms with Gasteiger partial charge in [-0.25, -0.2) is 9.78 Å². The van der Waals surface area contributed by atoms with E-state index in [1.165, 1.54) is 31.4 Å². The highest BCUT2D eigenvalue weighted by molar-refractivity contribution is 6.33. The van der Waals surface area contributed by atoms with E-state index in [4.69, 9.17) is 16.3 Å². The number of nitrogens with zero attached hydrogens (tertiary/aromatic N) is 2. The van der Waals surface area contributed by atoms with Crippen LogP contribution in [0.25, 0.3) is 0 Å². The second-order valence-corrected chi connectivity index (χ2v) is 7.51. The van der Waals surface area contributed by atoms with Crippen LogP contribution >= 0.6 is 11.6 Å². The molecule has 0 spiro atoms. The number of benzene rings is 3. The Morgan fingerprint density at radius 3 is 2.31 bits per heavy atom. The molecule has 0 saturated heterocycles. The molecule has 1 aromatic heterocycles. The van der Waals surface area contributed by atoms with Gasteiger partial charge in [-0.1, -0.05) is 23.7 Å². The Bertz CT molecular complexity index is 1370. The number of carbonyl (C=O) groups is 2. The summed E-state index contributed by atoms with van der Waals surface area (Å²) in [6.07, 6.45) is 0.971. The predicted molar refractivity (Wildman–Crippen MR) is 129 cm³/mol. The lowest BCUT2D eigenvalue weighted by Crippen LogP contribution is -2.12. The summed E-state index contributed by atoms with van der Waals surface area (Å²) in [7, 11) is 1.30. The molecule has 0 saturated carbocycles. The van der Waals surface area contributed by atoms with Gasteiger partial charge in [0.1, 0.15) is 5.75 Å². The van der Waals surface area contributed by atoms with E-state index in [-0.39, 0.29) is 23.5 Å². The molecule has 1 heterocycles. The van der Waals surface area contributed by atoms with E-state index in [1.807, 2.05) is 0 Å². The molecule has 0 atom stereocenters. The summed E-state index contributed by atoms with van der Waals surface area (Å²) >= 11 is 6.07. The zero-order valence-corrected chi connectivity index (χ0v) is 19.0. The smallest absolute Gasteiger partial charge is 0.337 e. The van der Waals surface area contributed by atoms with Crippen molar-refractivity contribution in [3.05, 3.63) is 101 Å². The van der Waals surface area contributed by atoms with Crippen molar-refractivity contribution < 1.29 is 23.5 Å². The number of halogens is 2. The van der Waals surface area contributed by atoms with Crippen LogP contribution in [-0.2, 0) is 4.74 Å². The molecule has 0 fully saturated rings. The number of carbonyl (C=O) groups excluding carboxylic acids is 2. The van der Waals surface area contributed by atoms with Gasteiger partial charge in [0.05, 0.1) is 29.6 Å². The summed E-state index contributed by atoms with van der Waals surface area (Å²) in [5.41, 5.74) is 1.80. The van der Waals surface area contributed by atoms with Gasteiger partial charge < -0.3 is 20.1 Å². The minimum absolute atomic E-state index is 0.0861. The maximum Gasteiger partial charge on any atom is 0.337 e. The first-order chi connectivity index (χ1) is 16.9. The van der Waals surface area contributed by atoms with Gasteiger partial charge in [-0.3, -0.25) is 4.79 Å². The standard InChI is InChI=1S/C25H18ClFN4O4/c1-34-24(33)16-6-10-17(11-7-16)29-25-28-14-20(27)23(31-25)35-18-12-8-15(9-13-18)22(32)30-21-5-3-2-4-19(21)26/h2-14H,1H3,(H,30,32)(H,28,29,31). The van der Waals surface area contributed by atoms with E-state index in [2.05, 4.69) is 25.3 Å². The molecule has 0 bridgehead atoms. The highest BCUT2D eigenvalue weighted by Crippen LogP contribution is 2.25. The molecule has 176 valence electrons. The molecule has 0 aliphatic carbocycles. The summed E-state index contributed by atoms with van der Waals surface area (Å²) in [5, 5.41) is 6.05. The summed E-state index contributed by atoms with van der Waals surface area (Å²) < 4.78 is 24.5. The van der Waals surface area contributed by atoms with Crippen LogP contribution in [0.2, 0.25) is 5.02 Å². The highest BCUT2D eigenvalue weighted by atomic mass is 35.5. The van der Waals surface area contributed by atoms with E-state index in [0.29, 0.717) is 27.5 Å². The number of anilines is 3. The minimum Gasteiger partial charge on any atom is -0.465 e. The van der Waals surface area contributed by atoms with Crippen molar-refractivity contribution in [1.82, 2.24) is 9.97 Å². The van der Waals surface area contributed by atoms with Crippen molar-refractivity contribution in [3.8, 4) is 11.6 Å². The number of nitrogens with one attached hydrogen (secondary N) is 2. The first-order valence-electron chi connectivity index (χ1n) is 10.2. The van der Waals surface area contributed by atoms with Crippen molar-refractivity contribution >= 4 is 40.8 Å². The maximum absolute atomic E-state index is 14.3. The second kappa shape index (κ2) is 10.6. The topological polar surface area (TPSA) is 102 Å². The summed E-state index contributed by atoms with van der Waals surface area (Å²) in [6.45, 7) is 0. The average Bonchev–Trinajstić information content (AvgIpc) is 2.88. The normalized spacial score (nSPS) is 10.4. The third-order valence-electron chi connectivity index (χ3n) is 4.73. The SMILES string of the molecule is COC(=O)c1ccc(Nc2ncc(F)c(Oc3ccc(C(=O)Nc4ccccc4Cl)cc3)n2)cc1. The van der Waals surface area contributed by atoms with Gasteiger partial charge in [-0.05, 0) is 60.7 Å². The Morgan fingerprint density at radius 1 is 0.943 bits per heavy atom. The monoisotopic (exact) mass is 492 g/mol. The Morgan fingerprint density at radius 2 is 1.63 bits per heavy atom. The lowest BCUT2D eigenvalue weighted by atomic mass is 10.2. The number of rotatable bonds is 7. The minimum atomic E-state index is -0.767. The number of amides is 1. The number of hydrogen-bond donors (Lipinski definition) is 2. The molecule has 0 aliphatic heterocycles. The van der Waals surface area contributed by atoms with Gasteiger partial charge in [0.25, 0.3) is 11.8 Å². The lowest BCUT2D eigenvalue weighted by Gasteiger charge is -2.10. The van der Waals surface area contributed by atoms with Crippen LogP contribution in [0.1, 0.15) is 20.7 Å². The molecule has 35 heavy (non-hydrogen) atoms. The van der Waals surface area contributed by atoms with E-state index >= 15 is 0 Å². The molecule has 1 amide bonds. The quantitative estimate of drug-likeness (QED) is 0.312. The molecule has 0 aliphatic rings. The first kappa shape index (κ1) is 23.7. The molecule has 10 heteroatoms. The number of para-hydroxylation sites is 1. The van der Waals surface area contributed by atoms with Gasteiger partial charge in [0.15, 0.2) is 0 Å². The molecule has 0 radical (unpaired) electrons. The number of aromatic nitrogens is 2. The summed E-state index contributed by atoms with van der Waals surface area (Å²) in [5.74, 6) is -1.53. The van der Waals surface area contributed by atoms with Crippen LogP contribution < -0.4 is 15.4 Å². The fourth-order valence-corrected chi connectivity index (χ4v) is 3.15. The fraction of sp³-hybridized carbons (Fsp3) is 0.0400. The Balaban J connectivity index is 1.43. The number of methoxy groups -OCH3 is 1. The van der Waals surface area contributed by atoms with Gasteiger partial charge >= 0.3 is 5.97 Å². The Hall–Kier alpha value is -4.50. The fourth-order valence-electron chi connectivity index (χ4n) is 2.96. The van der Waals surface area contributed by atoms with Crippen LogP contribution in [0.4, 0.5) is 21.7 Å². The molecular weight excluding hydrogens is 475 g/mol. The van der Waals surface area contributed by atoms with E-state index in [9.17, 15) is 14.0 Å². The number of ether oxygens (including phenoxy) is 2. The number of esters is 1. The largest absolute Gasteiger partial charge is 0.465 e. The zero-order chi connectivity index (χ0) is 24.8. The van der Waals surface area contributed by atoms with Crippen molar-refractivity contribution in [2.24, 2.45) is 0 Å². The van der Waals surface area contributed by atoms with Gasteiger partial charge in [0, 0.05) is 11.3 Å². The van der Waals surface area contributed by atoms with Crippen molar-refractivity contribution in [2.45, 2.75) is 0 Å². The van der Waals surface area contributed by atoms with Crippen LogP contribution in [0.3, 0.4) is 0 Å². The lowest BCUT2D eigenvalue weighted by molar-refractivity contribution is 0.0600. The molecule has 3 aromatic carbocycles. The Labute approximate surface area is 204 Å². The Kier molecular flexibility index (Phi) is 7.18. The third-order valence-corrected chi connectivity index (χ3v) is 5.06. The zero-order valence-electron chi connectivity index (χ0n) is 18.3. The van der Waals surface area contributed by atoms with Crippen molar-refractivity contribution in [1.29, 1.82) is 0 Å². The van der Waals surface area contributed by atoms with E-state index in [1.54, 1.807) is 48.5 Å². The average molecular weight is 493 g/mol. The van der Waals surface area contributed by atoms with E-state index < -0.39 is 11.8 Å². The molecule has 8 nitrogen and oxygen atoms in total. The first-order valence-corrected chi connectivity index (χ1v) is 10.6. The maximum atomic E-state index is 14.3. The highest BCUT2D eigenvalue weighted by Gasteiger charge is 2.13. The van der Waals surface area contributed by atoms with Crippen molar-refractivity contribution in [2.75, 3.05) is 17.7 Å². The number of hydrogen-bond acceptors (Lipinski definition) is 7. The second-order valence-electron chi connectivity index (χ2n) is 7.10. The molecular formula is C25H18ClFN4O4. The van der Waals surface area contributed by atoms with Gasteiger partial charge in [-0.2, -0.15) is 9.37 Å². The molecule has 4 aromatic rings. The van der Waals surface area contributed by atoms with Gasteiger partial charge in [-0.15, -0.1) is 0 Å². The van der Waals surface area contributed by atoms with E-state index in [0.717, 1.165) is 6.20 Å². The molecule has 2 N–H and O–H groups in total. The predicted octanol–water partition coefficient (Wildman–Crippen LogP) is 5.84. The van der Waals surface area contributed by atoms with Crippen LogP contribution in [0.15, 0.2) is 79.0 Å². The molecule has 4 rings (SSSR count).